The first-order valence-electron chi connectivity index (χ1n) is 7.08. The van der Waals surface area contributed by atoms with E-state index < -0.39 is 0 Å². The van der Waals surface area contributed by atoms with Crippen molar-refractivity contribution in [2.45, 2.75) is 25.3 Å². The van der Waals surface area contributed by atoms with E-state index >= 15 is 0 Å². The fourth-order valence-corrected chi connectivity index (χ4v) is 3.58. The van der Waals surface area contributed by atoms with Gasteiger partial charge in [-0.2, -0.15) is 5.10 Å². The molecular formula is C16H12BrCl2N3. The summed E-state index contributed by atoms with van der Waals surface area (Å²) in [5, 5.41) is 5.63. The van der Waals surface area contributed by atoms with Gasteiger partial charge in [-0.3, -0.25) is 9.67 Å². The lowest BCUT2D eigenvalue weighted by Gasteiger charge is -2.11. The Kier molecular flexibility index (Phi) is 3.63. The summed E-state index contributed by atoms with van der Waals surface area (Å²) >= 11 is 16.1. The summed E-state index contributed by atoms with van der Waals surface area (Å²) in [5.41, 5.74) is 4.08. The third kappa shape index (κ3) is 2.53. The zero-order valence-electron chi connectivity index (χ0n) is 11.6. The van der Waals surface area contributed by atoms with Crippen molar-refractivity contribution in [2.24, 2.45) is 0 Å². The lowest BCUT2D eigenvalue weighted by Crippen LogP contribution is -2.05. The van der Waals surface area contributed by atoms with E-state index in [2.05, 4.69) is 32.1 Å². The average molecular weight is 397 g/mol. The van der Waals surface area contributed by atoms with Crippen molar-refractivity contribution < 1.29 is 0 Å². The summed E-state index contributed by atoms with van der Waals surface area (Å²) < 4.78 is 2.78. The molecule has 0 N–H and O–H groups in total. The van der Waals surface area contributed by atoms with Gasteiger partial charge in [0.25, 0.3) is 0 Å². The molecule has 112 valence electrons. The molecule has 0 saturated heterocycles. The molecule has 0 radical (unpaired) electrons. The molecule has 0 unspecified atom stereocenters. The van der Waals surface area contributed by atoms with Gasteiger partial charge in [-0.1, -0.05) is 35.3 Å². The standard InChI is InChI=1S/C16H12BrCl2N3/c17-10-6-14-15(20-7-10)16(19)21-22(14)8-12-11(9-4-5-9)2-1-3-13(12)18/h1-3,6-7,9H,4-5,8H2. The monoisotopic (exact) mass is 395 g/mol. The molecule has 0 atom stereocenters. The van der Waals surface area contributed by atoms with E-state index in [1.165, 1.54) is 18.4 Å². The molecule has 2 heterocycles. The van der Waals surface area contributed by atoms with Crippen molar-refractivity contribution in [3.8, 4) is 0 Å². The van der Waals surface area contributed by atoms with Crippen LogP contribution < -0.4 is 0 Å². The second-order valence-electron chi connectivity index (χ2n) is 5.55. The van der Waals surface area contributed by atoms with Gasteiger partial charge in [-0.15, -0.1) is 0 Å². The Morgan fingerprint density at radius 3 is 2.86 bits per heavy atom. The maximum absolute atomic E-state index is 6.44. The van der Waals surface area contributed by atoms with E-state index in [1.54, 1.807) is 6.20 Å². The number of nitrogens with zero attached hydrogens (tertiary/aromatic N) is 3. The fraction of sp³-hybridized carbons (Fsp3) is 0.250. The highest BCUT2D eigenvalue weighted by Crippen LogP contribution is 2.43. The second kappa shape index (κ2) is 5.52. The van der Waals surface area contributed by atoms with Crippen molar-refractivity contribution in [1.82, 2.24) is 14.8 Å². The van der Waals surface area contributed by atoms with E-state index in [0.717, 1.165) is 20.6 Å². The molecule has 22 heavy (non-hydrogen) atoms. The third-order valence-corrected chi connectivity index (χ3v) is 5.04. The Hall–Kier alpha value is -1.10. The van der Waals surface area contributed by atoms with Crippen LogP contribution in [0.15, 0.2) is 34.9 Å². The molecule has 3 aromatic rings. The van der Waals surface area contributed by atoms with Crippen LogP contribution in [0.1, 0.15) is 29.9 Å². The predicted octanol–water partition coefficient (Wildman–Crippen LogP) is 5.43. The number of fused-ring (bicyclic) bond motifs is 1. The normalized spacial score (nSPS) is 14.7. The first-order chi connectivity index (χ1) is 10.6. The largest absolute Gasteiger partial charge is 0.257 e. The van der Waals surface area contributed by atoms with E-state index in [9.17, 15) is 0 Å². The average Bonchev–Trinajstić information content (AvgIpc) is 3.28. The van der Waals surface area contributed by atoms with E-state index in [-0.39, 0.29) is 0 Å². The molecule has 1 fully saturated rings. The van der Waals surface area contributed by atoms with Gasteiger partial charge in [0.2, 0.25) is 0 Å². The van der Waals surface area contributed by atoms with Crippen LogP contribution in [0.4, 0.5) is 0 Å². The lowest BCUT2D eigenvalue weighted by molar-refractivity contribution is 0.706. The maximum atomic E-state index is 6.44. The molecule has 1 aliphatic carbocycles. The van der Waals surface area contributed by atoms with Gasteiger partial charge in [0.15, 0.2) is 5.15 Å². The van der Waals surface area contributed by atoms with Crippen LogP contribution >= 0.6 is 39.1 Å². The summed E-state index contributed by atoms with van der Waals surface area (Å²) in [6.45, 7) is 0.604. The first-order valence-corrected chi connectivity index (χ1v) is 8.63. The number of pyridine rings is 1. The number of hydrogen-bond acceptors (Lipinski definition) is 2. The Labute approximate surface area is 146 Å². The SMILES string of the molecule is Clc1cccc(C2CC2)c1Cn1nc(Cl)c2ncc(Br)cc21. The molecule has 6 heteroatoms. The Bertz CT molecular complexity index is 871. The molecule has 0 aliphatic heterocycles. The molecular weight excluding hydrogens is 385 g/mol. The van der Waals surface area contributed by atoms with Crippen molar-refractivity contribution in [3.05, 3.63) is 56.2 Å². The molecule has 1 aromatic carbocycles. The van der Waals surface area contributed by atoms with Crippen LogP contribution in [-0.2, 0) is 6.54 Å². The topological polar surface area (TPSA) is 30.7 Å². The van der Waals surface area contributed by atoms with E-state index in [1.807, 2.05) is 22.9 Å². The van der Waals surface area contributed by atoms with Gasteiger partial charge in [-0.25, -0.2) is 0 Å². The molecule has 0 amide bonds. The van der Waals surface area contributed by atoms with Crippen LogP contribution in [-0.4, -0.2) is 14.8 Å². The lowest BCUT2D eigenvalue weighted by atomic mass is 10.0. The highest BCUT2D eigenvalue weighted by atomic mass is 79.9. The zero-order chi connectivity index (χ0) is 15.3. The van der Waals surface area contributed by atoms with E-state index in [4.69, 9.17) is 23.2 Å². The molecule has 2 aromatic heterocycles. The van der Waals surface area contributed by atoms with Gasteiger partial charge in [-0.05, 0) is 57.9 Å². The zero-order valence-corrected chi connectivity index (χ0v) is 14.7. The Morgan fingerprint density at radius 1 is 1.27 bits per heavy atom. The summed E-state index contributed by atoms with van der Waals surface area (Å²) in [7, 11) is 0. The molecule has 0 bridgehead atoms. The summed E-state index contributed by atoms with van der Waals surface area (Å²) in [5.74, 6) is 0.635. The Balaban J connectivity index is 1.83. The first kappa shape index (κ1) is 14.5. The molecule has 4 rings (SSSR count). The number of aromatic nitrogens is 3. The van der Waals surface area contributed by atoms with Crippen LogP contribution in [0, 0.1) is 0 Å². The number of halogens is 3. The van der Waals surface area contributed by atoms with Crippen molar-refractivity contribution in [3.63, 3.8) is 0 Å². The summed E-state index contributed by atoms with van der Waals surface area (Å²) in [4.78, 5) is 4.34. The third-order valence-electron chi connectivity index (χ3n) is 4.00. The number of hydrogen-bond donors (Lipinski definition) is 0. The predicted molar refractivity (Wildman–Crippen MR) is 92.8 cm³/mol. The van der Waals surface area contributed by atoms with Gasteiger partial charge in [0, 0.05) is 15.7 Å². The van der Waals surface area contributed by atoms with Crippen LogP contribution in [0.5, 0.6) is 0 Å². The highest BCUT2D eigenvalue weighted by Gasteiger charge is 2.27. The van der Waals surface area contributed by atoms with Gasteiger partial charge in [0.05, 0.1) is 12.1 Å². The quantitative estimate of drug-likeness (QED) is 0.591. The molecule has 3 nitrogen and oxygen atoms in total. The second-order valence-corrected chi connectivity index (χ2v) is 7.23. The van der Waals surface area contributed by atoms with Gasteiger partial charge >= 0.3 is 0 Å². The molecule has 0 spiro atoms. The minimum absolute atomic E-state index is 0.419. The van der Waals surface area contributed by atoms with Crippen molar-refractivity contribution >= 4 is 50.2 Å². The molecule has 1 aliphatic rings. The fourth-order valence-electron chi connectivity index (χ4n) is 2.78. The number of rotatable bonds is 3. The van der Waals surface area contributed by atoms with Gasteiger partial charge in [0.1, 0.15) is 5.52 Å². The minimum Gasteiger partial charge on any atom is -0.257 e. The van der Waals surface area contributed by atoms with Crippen molar-refractivity contribution in [1.29, 1.82) is 0 Å². The van der Waals surface area contributed by atoms with Crippen LogP contribution in [0.2, 0.25) is 10.2 Å². The van der Waals surface area contributed by atoms with Crippen LogP contribution in [0.25, 0.3) is 11.0 Å². The molecule has 1 saturated carbocycles. The number of benzene rings is 1. The smallest absolute Gasteiger partial charge is 0.177 e. The van der Waals surface area contributed by atoms with Crippen LogP contribution in [0.3, 0.4) is 0 Å². The summed E-state index contributed by atoms with van der Waals surface area (Å²) in [6, 6.07) is 8.10. The van der Waals surface area contributed by atoms with E-state index in [0.29, 0.717) is 23.1 Å². The Morgan fingerprint density at radius 2 is 2.09 bits per heavy atom. The summed E-state index contributed by atoms with van der Waals surface area (Å²) in [6.07, 6.45) is 4.20. The highest BCUT2D eigenvalue weighted by molar-refractivity contribution is 9.10. The van der Waals surface area contributed by atoms with Crippen molar-refractivity contribution in [2.75, 3.05) is 0 Å². The maximum Gasteiger partial charge on any atom is 0.177 e. The minimum atomic E-state index is 0.419. The van der Waals surface area contributed by atoms with Gasteiger partial charge < -0.3 is 0 Å².